The number of rotatable bonds is 6. The highest BCUT2D eigenvalue weighted by Crippen LogP contribution is 2.20. The third-order valence-electron chi connectivity index (χ3n) is 3.59. The van der Waals surface area contributed by atoms with Gasteiger partial charge in [-0.2, -0.15) is 0 Å². The molecule has 0 saturated heterocycles. The molecule has 5 nitrogen and oxygen atoms in total. The molecule has 1 aromatic heterocycles. The first-order chi connectivity index (χ1) is 13.0. The van der Waals surface area contributed by atoms with Crippen molar-refractivity contribution in [2.75, 3.05) is 10.6 Å². The van der Waals surface area contributed by atoms with Gasteiger partial charge in [0.1, 0.15) is 17.3 Å². The monoisotopic (exact) mass is 365 g/mol. The lowest BCUT2D eigenvalue weighted by Gasteiger charge is -2.11. The average Bonchev–Trinajstić information content (AvgIpc) is 2.63. The van der Waals surface area contributed by atoms with Crippen LogP contribution in [-0.4, -0.2) is 17.0 Å². The van der Waals surface area contributed by atoms with Crippen molar-refractivity contribution in [2.24, 2.45) is 0 Å². The molecular weight excluding hydrogens is 345 g/mol. The number of carbonyl (C=O) groups is 1. The number of ether oxygens (including phenoxy) is 1. The van der Waals surface area contributed by atoms with Crippen LogP contribution in [0.3, 0.4) is 0 Å². The average molecular weight is 365 g/mol. The molecule has 1 heterocycles. The number of anilines is 3. The van der Waals surface area contributed by atoms with Crippen molar-refractivity contribution >= 4 is 23.0 Å². The van der Waals surface area contributed by atoms with Gasteiger partial charge in [-0.15, -0.1) is 0 Å². The summed E-state index contributed by atoms with van der Waals surface area (Å²) in [7, 11) is 0. The van der Waals surface area contributed by atoms with Crippen molar-refractivity contribution in [1.29, 1.82) is 0 Å². The SMILES string of the molecule is CC(C)Oc1ccc(NC(=O)c2cc(Nc3cccc(F)c3)ccn2)cc1. The molecule has 0 atom stereocenters. The van der Waals surface area contributed by atoms with Crippen molar-refractivity contribution in [3.63, 3.8) is 0 Å². The first-order valence-corrected chi connectivity index (χ1v) is 8.56. The standard InChI is InChI=1S/C21H20FN3O2/c1-14(2)27-19-8-6-16(7-9-19)25-21(26)20-13-18(10-11-23-20)24-17-5-3-4-15(22)12-17/h3-14H,1-2H3,(H,23,24)(H,25,26). The zero-order valence-electron chi connectivity index (χ0n) is 15.1. The van der Waals surface area contributed by atoms with Gasteiger partial charge in [0.05, 0.1) is 6.10 Å². The number of carbonyl (C=O) groups excluding carboxylic acids is 1. The number of nitrogens with zero attached hydrogens (tertiary/aromatic N) is 1. The molecule has 2 N–H and O–H groups in total. The van der Waals surface area contributed by atoms with E-state index in [1.165, 1.54) is 18.3 Å². The van der Waals surface area contributed by atoms with E-state index in [0.717, 1.165) is 5.75 Å². The molecule has 138 valence electrons. The number of halogens is 1. The van der Waals surface area contributed by atoms with Crippen LogP contribution in [0.4, 0.5) is 21.5 Å². The summed E-state index contributed by atoms with van der Waals surface area (Å²) in [5, 5.41) is 5.85. The highest BCUT2D eigenvalue weighted by Gasteiger charge is 2.09. The van der Waals surface area contributed by atoms with Crippen LogP contribution in [0, 0.1) is 5.82 Å². The minimum atomic E-state index is -0.338. The second-order valence-electron chi connectivity index (χ2n) is 6.21. The van der Waals surface area contributed by atoms with Gasteiger partial charge in [-0.05, 0) is 68.4 Å². The Balaban J connectivity index is 1.68. The third-order valence-corrected chi connectivity index (χ3v) is 3.59. The number of benzene rings is 2. The normalized spacial score (nSPS) is 10.5. The zero-order chi connectivity index (χ0) is 19.2. The molecule has 27 heavy (non-hydrogen) atoms. The van der Waals surface area contributed by atoms with E-state index in [-0.39, 0.29) is 23.5 Å². The molecule has 0 unspecified atom stereocenters. The summed E-state index contributed by atoms with van der Waals surface area (Å²) in [4.78, 5) is 16.5. The Hall–Kier alpha value is -3.41. The molecular formula is C21H20FN3O2. The first-order valence-electron chi connectivity index (χ1n) is 8.56. The summed E-state index contributed by atoms with van der Waals surface area (Å²) < 4.78 is 18.9. The lowest BCUT2D eigenvalue weighted by atomic mass is 10.2. The smallest absolute Gasteiger partial charge is 0.274 e. The van der Waals surface area contributed by atoms with Gasteiger partial charge >= 0.3 is 0 Å². The van der Waals surface area contributed by atoms with Crippen LogP contribution in [0.5, 0.6) is 5.75 Å². The maximum Gasteiger partial charge on any atom is 0.274 e. The Morgan fingerprint density at radius 3 is 2.44 bits per heavy atom. The fourth-order valence-electron chi connectivity index (χ4n) is 2.45. The fraction of sp³-hybridized carbons (Fsp3) is 0.143. The van der Waals surface area contributed by atoms with Gasteiger partial charge in [0, 0.05) is 23.3 Å². The first kappa shape index (κ1) is 18.4. The van der Waals surface area contributed by atoms with E-state index >= 15 is 0 Å². The molecule has 0 aliphatic carbocycles. The van der Waals surface area contributed by atoms with Crippen LogP contribution in [-0.2, 0) is 0 Å². The quantitative estimate of drug-likeness (QED) is 0.645. The fourth-order valence-corrected chi connectivity index (χ4v) is 2.45. The number of hydrogen-bond acceptors (Lipinski definition) is 4. The third kappa shape index (κ3) is 5.28. The van der Waals surface area contributed by atoms with E-state index in [1.807, 2.05) is 13.8 Å². The van der Waals surface area contributed by atoms with E-state index in [4.69, 9.17) is 4.74 Å². The molecule has 0 fully saturated rings. The summed E-state index contributed by atoms with van der Waals surface area (Å²) in [5.74, 6) is 0.0646. The number of amides is 1. The van der Waals surface area contributed by atoms with Crippen LogP contribution in [0.1, 0.15) is 24.3 Å². The Kier molecular flexibility index (Phi) is 5.66. The van der Waals surface area contributed by atoms with Crippen LogP contribution in [0.15, 0.2) is 66.9 Å². The van der Waals surface area contributed by atoms with E-state index in [9.17, 15) is 9.18 Å². The highest BCUT2D eigenvalue weighted by molar-refractivity contribution is 6.03. The largest absolute Gasteiger partial charge is 0.491 e. The van der Waals surface area contributed by atoms with Crippen molar-refractivity contribution < 1.29 is 13.9 Å². The molecule has 0 radical (unpaired) electrons. The Labute approximate surface area is 157 Å². The van der Waals surface area contributed by atoms with Gasteiger partial charge in [0.2, 0.25) is 0 Å². The van der Waals surface area contributed by atoms with Crippen molar-refractivity contribution in [2.45, 2.75) is 20.0 Å². The van der Waals surface area contributed by atoms with Crippen LogP contribution in [0.25, 0.3) is 0 Å². The predicted molar refractivity (Wildman–Crippen MR) is 104 cm³/mol. The van der Waals surface area contributed by atoms with E-state index in [0.29, 0.717) is 17.1 Å². The molecule has 3 rings (SSSR count). The molecule has 0 aliphatic heterocycles. The lowest BCUT2D eigenvalue weighted by molar-refractivity contribution is 0.102. The molecule has 0 aliphatic rings. The van der Waals surface area contributed by atoms with Crippen LogP contribution in [0.2, 0.25) is 0 Å². The summed E-state index contributed by atoms with van der Waals surface area (Å²) in [6, 6.07) is 16.5. The van der Waals surface area contributed by atoms with Gasteiger partial charge in [-0.25, -0.2) is 4.39 Å². The van der Waals surface area contributed by atoms with E-state index in [2.05, 4.69) is 15.6 Å². The maximum absolute atomic E-state index is 13.3. The molecule has 0 spiro atoms. The van der Waals surface area contributed by atoms with Gasteiger partial charge in [0.15, 0.2) is 0 Å². The predicted octanol–water partition coefficient (Wildman–Crippen LogP) is 5.00. The minimum Gasteiger partial charge on any atom is -0.491 e. The number of nitrogens with one attached hydrogen (secondary N) is 2. The van der Waals surface area contributed by atoms with Gasteiger partial charge < -0.3 is 15.4 Å². The second-order valence-corrected chi connectivity index (χ2v) is 6.21. The molecule has 3 aromatic rings. The second kappa shape index (κ2) is 8.31. The number of hydrogen-bond donors (Lipinski definition) is 2. The number of aromatic nitrogens is 1. The topological polar surface area (TPSA) is 63.2 Å². The van der Waals surface area contributed by atoms with Crippen LogP contribution < -0.4 is 15.4 Å². The van der Waals surface area contributed by atoms with Gasteiger partial charge in [-0.1, -0.05) is 6.07 Å². The summed E-state index contributed by atoms with van der Waals surface area (Å²) in [6.45, 7) is 3.90. The molecule has 0 saturated carbocycles. The molecule has 2 aromatic carbocycles. The van der Waals surface area contributed by atoms with E-state index in [1.54, 1.807) is 48.5 Å². The zero-order valence-corrected chi connectivity index (χ0v) is 15.1. The number of pyridine rings is 1. The highest BCUT2D eigenvalue weighted by atomic mass is 19.1. The van der Waals surface area contributed by atoms with Crippen molar-refractivity contribution in [3.05, 3.63) is 78.4 Å². The minimum absolute atomic E-state index is 0.0861. The van der Waals surface area contributed by atoms with Gasteiger partial charge in [0.25, 0.3) is 5.91 Å². The molecule has 0 bridgehead atoms. The van der Waals surface area contributed by atoms with Crippen molar-refractivity contribution in [1.82, 2.24) is 4.98 Å². The van der Waals surface area contributed by atoms with E-state index < -0.39 is 0 Å². The Morgan fingerprint density at radius 1 is 1.00 bits per heavy atom. The molecule has 1 amide bonds. The lowest BCUT2D eigenvalue weighted by Crippen LogP contribution is -2.14. The Morgan fingerprint density at radius 2 is 1.74 bits per heavy atom. The Bertz CT molecular complexity index is 927. The summed E-state index contributed by atoms with van der Waals surface area (Å²) in [5.41, 5.74) is 2.12. The molecule has 6 heteroatoms. The van der Waals surface area contributed by atoms with Crippen molar-refractivity contribution in [3.8, 4) is 5.75 Å². The summed E-state index contributed by atoms with van der Waals surface area (Å²) in [6.07, 6.45) is 1.61. The van der Waals surface area contributed by atoms with Crippen LogP contribution >= 0.6 is 0 Å². The maximum atomic E-state index is 13.3. The van der Waals surface area contributed by atoms with Gasteiger partial charge in [-0.3, -0.25) is 9.78 Å². The summed E-state index contributed by atoms with van der Waals surface area (Å²) >= 11 is 0.